The van der Waals surface area contributed by atoms with E-state index in [4.69, 9.17) is 4.74 Å². The highest BCUT2D eigenvalue weighted by Crippen LogP contribution is 2.24. The summed E-state index contributed by atoms with van der Waals surface area (Å²) >= 11 is 0. The second-order valence-corrected chi connectivity index (χ2v) is 10.2. The summed E-state index contributed by atoms with van der Waals surface area (Å²) in [7, 11) is -4.16. The van der Waals surface area contributed by atoms with E-state index in [-0.39, 0.29) is 28.1 Å². The zero-order chi connectivity index (χ0) is 24.2. The van der Waals surface area contributed by atoms with E-state index in [0.717, 1.165) is 37.8 Å². The molecule has 3 atom stereocenters. The zero-order valence-corrected chi connectivity index (χ0v) is 19.7. The van der Waals surface area contributed by atoms with Gasteiger partial charge in [0.1, 0.15) is 5.82 Å². The minimum Gasteiger partial charge on any atom is -0.449 e. The number of sulfonamides is 1. The number of carbonyl (C=O) groups is 2. The van der Waals surface area contributed by atoms with Crippen molar-refractivity contribution in [3.05, 3.63) is 59.4 Å². The average molecular weight is 477 g/mol. The van der Waals surface area contributed by atoms with Crippen molar-refractivity contribution in [1.82, 2.24) is 5.32 Å². The van der Waals surface area contributed by atoms with Crippen LogP contribution in [0.3, 0.4) is 0 Å². The summed E-state index contributed by atoms with van der Waals surface area (Å²) in [5, 5.41) is 2.95. The third-order valence-corrected chi connectivity index (χ3v) is 7.31. The van der Waals surface area contributed by atoms with Crippen molar-refractivity contribution in [2.45, 2.75) is 63.5 Å². The number of halogens is 1. The van der Waals surface area contributed by atoms with Gasteiger partial charge in [-0.25, -0.2) is 17.6 Å². The smallest absolute Gasteiger partial charge is 0.339 e. The number of esters is 1. The number of carbonyl (C=O) groups excluding carboxylic acids is 2. The second kappa shape index (κ2) is 10.3. The Hall–Kier alpha value is -2.94. The van der Waals surface area contributed by atoms with Gasteiger partial charge in [-0.15, -0.1) is 0 Å². The maximum Gasteiger partial charge on any atom is 0.339 e. The molecule has 1 saturated carbocycles. The van der Waals surface area contributed by atoms with Crippen molar-refractivity contribution in [1.29, 1.82) is 0 Å². The van der Waals surface area contributed by atoms with E-state index in [1.807, 2.05) is 0 Å². The topological polar surface area (TPSA) is 102 Å². The number of hydrogen-bond donors (Lipinski definition) is 2. The Morgan fingerprint density at radius 1 is 1.12 bits per heavy atom. The van der Waals surface area contributed by atoms with Gasteiger partial charge >= 0.3 is 5.97 Å². The Bertz CT molecular complexity index is 1140. The van der Waals surface area contributed by atoms with Gasteiger partial charge < -0.3 is 10.1 Å². The van der Waals surface area contributed by atoms with Gasteiger partial charge in [-0.3, -0.25) is 9.52 Å². The number of rotatable bonds is 7. The van der Waals surface area contributed by atoms with E-state index in [2.05, 4.69) is 17.0 Å². The summed E-state index contributed by atoms with van der Waals surface area (Å²) in [6, 6.07) is 9.36. The number of hydrogen-bond acceptors (Lipinski definition) is 5. The van der Waals surface area contributed by atoms with Gasteiger partial charge in [0.25, 0.3) is 15.9 Å². The van der Waals surface area contributed by atoms with E-state index < -0.39 is 27.9 Å². The van der Waals surface area contributed by atoms with E-state index >= 15 is 0 Å². The zero-order valence-electron chi connectivity index (χ0n) is 18.9. The standard InChI is InChI=1S/C24H29FN2O5S/c1-15-12-13-18(33(30,31)27-22-11-7-5-9-20(22)25)14-19(15)24(29)32-17(3)23(28)26-21-10-6-4-8-16(21)2/h5,7,9,11-14,16-17,21,27H,4,6,8,10H2,1-3H3,(H,26,28)/t16-,17-,21+/m1/s1. The number of amides is 1. The molecule has 0 aliphatic heterocycles. The van der Waals surface area contributed by atoms with Crippen molar-refractivity contribution in [3.63, 3.8) is 0 Å². The molecule has 2 aromatic rings. The summed E-state index contributed by atoms with van der Waals surface area (Å²) in [6.07, 6.45) is 3.08. The molecular formula is C24H29FN2O5S. The molecule has 2 aromatic carbocycles. The number of aryl methyl sites for hydroxylation is 1. The van der Waals surface area contributed by atoms with Crippen LogP contribution in [0.4, 0.5) is 10.1 Å². The summed E-state index contributed by atoms with van der Waals surface area (Å²) in [5.41, 5.74) is 0.292. The Kier molecular flexibility index (Phi) is 7.73. The van der Waals surface area contributed by atoms with Crippen LogP contribution in [0.2, 0.25) is 0 Å². The molecule has 2 N–H and O–H groups in total. The van der Waals surface area contributed by atoms with Crippen LogP contribution < -0.4 is 10.0 Å². The number of para-hydroxylation sites is 1. The Balaban J connectivity index is 1.72. The van der Waals surface area contributed by atoms with Crippen LogP contribution in [-0.4, -0.2) is 32.4 Å². The van der Waals surface area contributed by atoms with Gasteiger partial charge in [0.2, 0.25) is 0 Å². The molecule has 1 amide bonds. The summed E-state index contributed by atoms with van der Waals surface area (Å²) in [6.45, 7) is 5.20. The van der Waals surface area contributed by atoms with Crippen molar-refractivity contribution in [3.8, 4) is 0 Å². The summed E-state index contributed by atoms with van der Waals surface area (Å²) < 4.78 is 46.8. The normalized spacial score (nSPS) is 19.4. The van der Waals surface area contributed by atoms with E-state index in [1.54, 1.807) is 6.92 Å². The molecule has 178 valence electrons. The van der Waals surface area contributed by atoms with Gasteiger partial charge in [0.15, 0.2) is 6.10 Å². The van der Waals surface area contributed by atoms with Crippen LogP contribution in [0.5, 0.6) is 0 Å². The first kappa shape index (κ1) is 24.7. The predicted octanol–water partition coefficient (Wildman–Crippen LogP) is 4.18. The second-order valence-electron chi connectivity index (χ2n) is 8.49. The van der Waals surface area contributed by atoms with Crippen LogP contribution in [-0.2, 0) is 19.6 Å². The van der Waals surface area contributed by atoms with Gasteiger partial charge in [-0.1, -0.05) is 38.0 Å². The minimum atomic E-state index is -4.16. The lowest BCUT2D eigenvalue weighted by Gasteiger charge is -2.30. The lowest BCUT2D eigenvalue weighted by atomic mass is 9.86. The lowest BCUT2D eigenvalue weighted by Crippen LogP contribution is -2.46. The highest BCUT2D eigenvalue weighted by atomic mass is 32.2. The molecular weight excluding hydrogens is 447 g/mol. The van der Waals surface area contributed by atoms with Gasteiger partial charge in [0, 0.05) is 6.04 Å². The molecule has 1 aliphatic rings. The summed E-state index contributed by atoms with van der Waals surface area (Å²) in [5.74, 6) is -1.56. The predicted molar refractivity (Wildman–Crippen MR) is 123 cm³/mol. The molecule has 0 saturated heterocycles. The van der Waals surface area contributed by atoms with Crippen LogP contribution in [0.25, 0.3) is 0 Å². The molecule has 0 bridgehead atoms. The van der Waals surface area contributed by atoms with Crippen LogP contribution in [0, 0.1) is 18.7 Å². The lowest BCUT2D eigenvalue weighted by molar-refractivity contribution is -0.130. The fourth-order valence-corrected chi connectivity index (χ4v) is 4.94. The Labute approximate surface area is 193 Å². The van der Waals surface area contributed by atoms with Gasteiger partial charge in [-0.05, 0) is 62.4 Å². The molecule has 0 spiro atoms. The molecule has 0 radical (unpaired) electrons. The number of nitrogens with one attached hydrogen (secondary N) is 2. The molecule has 0 aromatic heterocycles. The monoisotopic (exact) mass is 476 g/mol. The molecule has 33 heavy (non-hydrogen) atoms. The first-order chi connectivity index (χ1) is 15.6. The summed E-state index contributed by atoms with van der Waals surface area (Å²) in [4.78, 5) is 25.1. The molecule has 7 nitrogen and oxygen atoms in total. The molecule has 1 aliphatic carbocycles. The minimum absolute atomic E-state index is 0.0112. The highest BCUT2D eigenvalue weighted by molar-refractivity contribution is 7.92. The number of ether oxygens (including phenoxy) is 1. The number of benzene rings is 2. The maximum absolute atomic E-state index is 13.9. The average Bonchev–Trinajstić information content (AvgIpc) is 2.76. The molecule has 0 heterocycles. The first-order valence-electron chi connectivity index (χ1n) is 11.0. The quantitative estimate of drug-likeness (QED) is 0.584. The molecule has 3 rings (SSSR count). The van der Waals surface area contributed by atoms with E-state index in [9.17, 15) is 22.4 Å². The van der Waals surface area contributed by atoms with E-state index in [1.165, 1.54) is 37.3 Å². The van der Waals surface area contributed by atoms with Gasteiger partial charge in [-0.2, -0.15) is 0 Å². The molecule has 1 fully saturated rings. The fraction of sp³-hybridized carbons (Fsp3) is 0.417. The van der Waals surface area contributed by atoms with Crippen molar-refractivity contribution >= 4 is 27.6 Å². The first-order valence-corrected chi connectivity index (χ1v) is 12.5. The molecule has 0 unspecified atom stereocenters. The third-order valence-electron chi connectivity index (χ3n) is 5.95. The van der Waals surface area contributed by atoms with Gasteiger partial charge in [0.05, 0.1) is 16.1 Å². The largest absolute Gasteiger partial charge is 0.449 e. The van der Waals surface area contributed by atoms with E-state index in [0.29, 0.717) is 11.5 Å². The Morgan fingerprint density at radius 2 is 1.82 bits per heavy atom. The van der Waals surface area contributed by atoms with Crippen LogP contribution >= 0.6 is 0 Å². The van der Waals surface area contributed by atoms with Crippen molar-refractivity contribution in [2.24, 2.45) is 5.92 Å². The Morgan fingerprint density at radius 3 is 2.52 bits per heavy atom. The molecule has 9 heteroatoms. The fourth-order valence-electron chi connectivity index (χ4n) is 3.84. The highest BCUT2D eigenvalue weighted by Gasteiger charge is 2.27. The SMILES string of the molecule is Cc1ccc(S(=O)(=O)Nc2ccccc2F)cc1C(=O)O[C@H](C)C(=O)N[C@H]1CCCC[C@H]1C. The third kappa shape index (κ3) is 6.10. The van der Waals surface area contributed by atoms with Crippen LogP contribution in [0.15, 0.2) is 47.4 Å². The van der Waals surface area contributed by atoms with Crippen molar-refractivity contribution in [2.75, 3.05) is 4.72 Å². The van der Waals surface area contributed by atoms with Crippen LogP contribution in [0.1, 0.15) is 55.5 Å². The van der Waals surface area contributed by atoms with Crippen molar-refractivity contribution < 1.29 is 27.1 Å². The maximum atomic E-state index is 13.9. The number of anilines is 1.